The van der Waals surface area contributed by atoms with E-state index in [2.05, 4.69) is 55.5 Å². The van der Waals surface area contributed by atoms with E-state index >= 15 is 0 Å². The summed E-state index contributed by atoms with van der Waals surface area (Å²) in [5.74, 6) is 0.370. The normalized spacial score (nSPS) is 32.3. The predicted molar refractivity (Wildman–Crippen MR) is 113 cm³/mol. The van der Waals surface area contributed by atoms with Gasteiger partial charge in [0, 0.05) is 68.9 Å². The maximum atomic E-state index is 13.5. The van der Waals surface area contributed by atoms with Crippen molar-refractivity contribution >= 4 is 11.6 Å². The van der Waals surface area contributed by atoms with Gasteiger partial charge in [-0.2, -0.15) is 5.10 Å². The quantitative estimate of drug-likeness (QED) is 0.716. The number of amides is 1. The summed E-state index contributed by atoms with van der Waals surface area (Å²) in [6.07, 6.45) is 3.40. The molecule has 7 heteroatoms. The molecule has 0 spiro atoms. The Morgan fingerprint density at radius 1 is 1.10 bits per heavy atom. The molecule has 154 valence electrons. The third-order valence-corrected chi connectivity index (χ3v) is 7.33. The summed E-state index contributed by atoms with van der Waals surface area (Å²) < 4.78 is 1.74. The molecule has 0 saturated carbocycles. The van der Waals surface area contributed by atoms with E-state index in [4.69, 9.17) is 0 Å². The van der Waals surface area contributed by atoms with Crippen LogP contribution in [0.15, 0.2) is 48.8 Å². The highest BCUT2D eigenvalue weighted by Crippen LogP contribution is 2.43. The third kappa shape index (κ3) is 2.62. The average Bonchev–Trinajstić information content (AvgIpc) is 3.10. The first-order valence-corrected chi connectivity index (χ1v) is 10.7. The summed E-state index contributed by atoms with van der Waals surface area (Å²) in [4.78, 5) is 23.1. The Bertz CT molecular complexity index is 1090. The average molecular weight is 403 g/mol. The molecule has 4 saturated heterocycles. The molecule has 7 nitrogen and oxygen atoms in total. The summed E-state index contributed by atoms with van der Waals surface area (Å²) in [7, 11) is 0. The van der Waals surface area contributed by atoms with Crippen LogP contribution in [-0.2, 0) is 5.41 Å². The zero-order valence-electron chi connectivity index (χ0n) is 17.2. The molecule has 3 atom stereocenters. The number of nitrogens with one attached hydrogen (secondary N) is 1. The molecular formula is C23H26N6O. The van der Waals surface area contributed by atoms with Crippen molar-refractivity contribution in [1.29, 1.82) is 0 Å². The molecule has 4 aliphatic rings. The maximum absolute atomic E-state index is 13.5. The second-order valence-corrected chi connectivity index (χ2v) is 9.06. The molecule has 7 rings (SSSR count). The molecule has 2 unspecified atom stereocenters. The Hall–Kier alpha value is -2.77. The van der Waals surface area contributed by atoms with E-state index < -0.39 is 0 Å². The molecule has 2 aromatic heterocycles. The van der Waals surface area contributed by atoms with Crippen LogP contribution in [0.25, 0.3) is 5.65 Å². The number of nitrogens with zero attached hydrogens (tertiary/aromatic N) is 5. The van der Waals surface area contributed by atoms with Crippen LogP contribution in [0.4, 0.5) is 0 Å². The lowest BCUT2D eigenvalue weighted by Crippen LogP contribution is -2.70. The highest BCUT2D eigenvalue weighted by Gasteiger charge is 2.55. The molecule has 30 heavy (non-hydrogen) atoms. The van der Waals surface area contributed by atoms with Crippen LogP contribution in [0, 0.1) is 12.8 Å². The fraction of sp³-hybridized carbons (Fsp3) is 0.435. The molecule has 0 aliphatic carbocycles. The maximum Gasteiger partial charge on any atom is 0.254 e. The summed E-state index contributed by atoms with van der Waals surface area (Å²) in [5.41, 5.74) is 3.42. The Morgan fingerprint density at radius 3 is 2.57 bits per heavy atom. The highest BCUT2D eigenvalue weighted by atomic mass is 16.1. The molecule has 1 aromatic carbocycles. The van der Waals surface area contributed by atoms with Crippen molar-refractivity contribution in [1.82, 2.24) is 29.7 Å². The number of fused-ring (bicyclic) bond motifs is 2. The van der Waals surface area contributed by atoms with Gasteiger partial charge in [0.2, 0.25) is 0 Å². The highest BCUT2D eigenvalue weighted by molar-refractivity contribution is 5.95. The Labute approximate surface area is 175 Å². The monoisotopic (exact) mass is 402 g/mol. The Balaban J connectivity index is 1.39. The fourth-order valence-electron chi connectivity index (χ4n) is 6.00. The lowest BCUT2D eigenvalue weighted by atomic mass is 9.64. The Kier molecular flexibility index (Phi) is 3.98. The standard InChI is InChI=1S/C23H26N6O/c1-16-19(11-24-20-7-8-25-29(16)20)22(30)26-21-17-12-27-9-10-28(13-17)15-23(21,14-27)18-5-3-2-4-6-18/h2-8,11,17,21H,9-10,12-15H2,1H3,(H,26,30)/t17?,21-,23?/m0/s1. The number of carbonyl (C=O) groups excluding carboxylic acids is 1. The fourth-order valence-corrected chi connectivity index (χ4v) is 6.00. The van der Waals surface area contributed by atoms with Crippen molar-refractivity contribution < 1.29 is 4.79 Å². The topological polar surface area (TPSA) is 65.8 Å². The number of rotatable bonds is 3. The van der Waals surface area contributed by atoms with Crippen LogP contribution in [-0.4, -0.2) is 75.6 Å². The van der Waals surface area contributed by atoms with E-state index in [1.165, 1.54) is 5.56 Å². The SMILES string of the molecule is Cc1c(C(=O)N[C@H]2C3CN4CCN(C3)CC2(c2ccccc2)C4)cnc2ccnn12. The van der Waals surface area contributed by atoms with Gasteiger partial charge in [-0.25, -0.2) is 9.50 Å². The number of aryl methyl sites for hydroxylation is 1. The molecule has 4 fully saturated rings. The van der Waals surface area contributed by atoms with E-state index in [1.807, 2.05) is 13.0 Å². The third-order valence-electron chi connectivity index (χ3n) is 7.33. The second kappa shape index (κ2) is 6.62. The minimum atomic E-state index is -0.0915. The largest absolute Gasteiger partial charge is 0.348 e. The summed E-state index contributed by atoms with van der Waals surface area (Å²) in [6.45, 7) is 8.24. The Morgan fingerprint density at radius 2 is 1.83 bits per heavy atom. The predicted octanol–water partition coefficient (Wildman–Crippen LogP) is 1.34. The minimum absolute atomic E-state index is 0.0474. The van der Waals surface area contributed by atoms with Gasteiger partial charge in [-0.15, -0.1) is 0 Å². The van der Waals surface area contributed by atoms with Gasteiger partial charge < -0.3 is 15.1 Å². The van der Waals surface area contributed by atoms with Gasteiger partial charge in [0.05, 0.1) is 17.5 Å². The zero-order valence-corrected chi connectivity index (χ0v) is 17.2. The minimum Gasteiger partial charge on any atom is -0.348 e. The van der Waals surface area contributed by atoms with Gasteiger partial charge in [0.15, 0.2) is 5.65 Å². The number of carbonyl (C=O) groups is 1. The van der Waals surface area contributed by atoms with Crippen molar-refractivity contribution in [2.45, 2.75) is 18.4 Å². The van der Waals surface area contributed by atoms with E-state index in [-0.39, 0.29) is 17.4 Å². The van der Waals surface area contributed by atoms with Crippen LogP contribution in [0.2, 0.25) is 0 Å². The molecule has 4 bridgehead atoms. The first-order chi connectivity index (χ1) is 14.6. The van der Waals surface area contributed by atoms with Crippen LogP contribution in [0.5, 0.6) is 0 Å². The number of hydrogen-bond donors (Lipinski definition) is 1. The van der Waals surface area contributed by atoms with Gasteiger partial charge in [-0.3, -0.25) is 4.79 Å². The summed E-state index contributed by atoms with van der Waals surface area (Å²) in [6, 6.07) is 12.7. The van der Waals surface area contributed by atoms with Gasteiger partial charge in [-0.1, -0.05) is 30.3 Å². The molecule has 1 amide bonds. The van der Waals surface area contributed by atoms with E-state index in [0.717, 1.165) is 50.6 Å². The molecule has 4 aliphatic heterocycles. The lowest BCUT2D eigenvalue weighted by Gasteiger charge is -2.55. The number of hydrogen-bond acceptors (Lipinski definition) is 5. The number of aromatic nitrogens is 3. The molecule has 3 aromatic rings. The lowest BCUT2D eigenvalue weighted by molar-refractivity contribution is 0.0180. The van der Waals surface area contributed by atoms with E-state index in [0.29, 0.717) is 11.5 Å². The van der Waals surface area contributed by atoms with Crippen LogP contribution >= 0.6 is 0 Å². The molecule has 0 radical (unpaired) electrons. The first kappa shape index (κ1) is 18.0. The van der Waals surface area contributed by atoms with Gasteiger partial charge in [-0.05, 0) is 12.5 Å². The van der Waals surface area contributed by atoms with Crippen molar-refractivity contribution in [3.63, 3.8) is 0 Å². The summed E-state index contributed by atoms with van der Waals surface area (Å²) in [5, 5.41) is 7.79. The zero-order chi connectivity index (χ0) is 20.3. The van der Waals surface area contributed by atoms with Crippen LogP contribution in [0.3, 0.4) is 0 Å². The first-order valence-electron chi connectivity index (χ1n) is 10.7. The number of piperidine rings is 2. The van der Waals surface area contributed by atoms with Crippen molar-refractivity contribution in [2.24, 2.45) is 5.92 Å². The van der Waals surface area contributed by atoms with Crippen molar-refractivity contribution in [2.75, 3.05) is 39.3 Å². The van der Waals surface area contributed by atoms with Gasteiger partial charge in [0.1, 0.15) is 0 Å². The molecule has 6 heterocycles. The van der Waals surface area contributed by atoms with Crippen LogP contribution in [0.1, 0.15) is 21.6 Å². The van der Waals surface area contributed by atoms with Gasteiger partial charge in [0.25, 0.3) is 5.91 Å². The molecule has 1 N–H and O–H groups in total. The van der Waals surface area contributed by atoms with Crippen LogP contribution < -0.4 is 5.32 Å². The number of benzene rings is 1. The van der Waals surface area contributed by atoms with Gasteiger partial charge >= 0.3 is 0 Å². The van der Waals surface area contributed by atoms with E-state index in [9.17, 15) is 4.79 Å². The summed E-state index contributed by atoms with van der Waals surface area (Å²) >= 11 is 0. The van der Waals surface area contributed by atoms with E-state index in [1.54, 1.807) is 16.9 Å². The van der Waals surface area contributed by atoms with Crippen molar-refractivity contribution in [3.8, 4) is 0 Å². The second-order valence-electron chi connectivity index (χ2n) is 9.06. The molecular weight excluding hydrogens is 376 g/mol. The smallest absolute Gasteiger partial charge is 0.254 e. The van der Waals surface area contributed by atoms with Crippen molar-refractivity contribution in [3.05, 3.63) is 65.6 Å².